The average molecular weight is 440 g/mol. The highest BCUT2D eigenvalue weighted by atomic mass is 35.5. The number of benzene rings is 2. The highest BCUT2D eigenvalue weighted by molar-refractivity contribution is 6.31. The maximum atomic E-state index is 13.3. The van der Waals surface area contributed by atoms with Crippen LogP contribution in [0, 0.1) is 19.7 Å². The largest absolute Gasteiger partial charge is 0.352 e. The van der Waals surface area contributed by atoms with Crippen molar-refractivity contribution in [2.75, 3.05) is 36.4 Å². The van der Waals surface area contributed by atoms with E-state index in [1.807, 2.05) is 12.1 Å². The van der Waals surface area contributed by atoms with Gasteiger partial charge in [0.2, 0.25) is 0 Å². The molecule has 1 N–H and O–H groups in total. The zero-order valence-corrected chi connectivity index (χ0v) is 18.2. The van der Waals surface area contributed by atoms with Crippen molar-refractivity contribution in [2.45, 2.75) is 13.8 Å². The predicted molar refractivity (Wildman–Crippen MR) is 121 cm³/mol. The van der Waals surface area contributed by atoms with Gasteiger partial charge < -0.3 is 15.1 Å². The number of piperazine rings is 1. The van der Waals surface area contributed by atoms with Crippen LogP contribution in [0.4, 0.5) is 20.7 Å². The van der Waals surface area contributed by atoms with Gasteiger partial charge in [0.1, 0.15) is 5.82 Å². The number of anilines is 2. The summed E-state index contributed by atoms with van der Waals surface area (Å²) >= 11 is 5.78. The summed E-state index contributed by atoms with van der Waals surface area (Å²) < 4.78 is 13.3. The van der Waals surface area contributed by atoms with Gasteiger partial charge in [-0.2, -0.15) is 0 Å². The summed E-state index contributed by atoms with van der Waals surface area (Å²) in [4.78, 5) is 16.3. The molecule has 1 aromatic heterocycles. The van der Waals surface area contributed by atoms with Gasteiger partial charge in [0, 0.05) is 37.4 Å². The molecule has 0 unspecified atom stereocenters. The lowest BCUT2D eigenvalue weighted by Crippen LogP contribution is -2.50. The number of nitrogens with one attached hydrogen (secondary N) is 1. The number of urea groups is 1. The molecule has 4 rings (SSSR count). The maximum absolute atomic E-state index is 13.3. The standard InChI is InChI=1S/C23H23ClFN5O/c1-15-3-4-17(13-16(15)2)21-7-8-22(28-27-21)29-9-11-30(12-10-29)23(31)26-18-5-6-20(25)19(24)14-18/h3-8,13-14H,9-12H2,1-2H3,(H,26,31). The third-order valence-electron chi connectivity index (χ3n) is 5.51. The number of aryl methyl sites for hydroxylation is 2. The van der Waals surface area contributed by atoms with Crippen molar-refractivity contribution >= 4 is 29.1 Å². The lowest BCUT2D eigenvalue weighted by Gasteiger charge is -2.35. The summed E-state index contributed by atoms with van der Waals surface area (Å²) in [5, 5.41) is 11.5. The molecule has 2 heterocycles. The molecule has 160 valence electrons. The van der Waals surface area contributed by atoms with Gasteiger partial charge in [0.15, 0.2) is 5.82 Å². The van der Waals surface area contributed by atoms with Crippen LogP contribution in [0.5, 0.6) is 0 Å². The Morgan fingerprint density at radius 1 is 0.968 bits per heavy atom. The molecule has 0 bridgehead atoms. The molecule has 1 aliphatic heterocycles. The number of aromatic nitrogens is 2. The van der Waals surface area contributed by atoms with Crippen LogP contribution in [-0.4, -0.2) is 47.3 Å². The third kappa shape index (κ3) is 4.77. The van der Waals surface area contributed by atoms with Crippen molar-refractivity contribution < 1.29 is 9.18 Å². The summed E-state index contributed by atoms with van der Waals surface area (Å²) in [5.41, 5.74) is 4.82. The van der Waals surface area contributed by atoms with Crippen molar-refractivity contribution in [3.8, 4) is 11.3 Å². The molecule has 0 aliphatic carbocycles. The summed E-state index contributed by atoms with van der Waals surface area (Å²) in [7, 11) is 0. The fourth-order valence-corrected chi connectivity index (χ4v) is 3.64. The number of rotatable bonds is 3. The van der Waals surface area contributed by atoms with Crippen LogP contribution in [0.15, 0.2) is 48.5 Å². The molecule has 6 nitrogen and oxygen atoms in total. The summed E-state index contributed by atoms with van der Waals surface area (Å²) in [6.45, 7) is 6.55. The summed E-state index contributed by atoms with van der Waals surface area (Å²) in [5.74, 6) is 0.274. The smallest absolute Gasteiger partial charge is 0.321 e. The molecule has 2 aromatic carbocycles. The molecule has 31 heavy (non-hydrogen) atoms. The van der Waals surface area contributed by atoms with Crippen molar-refractivity contribution in [1.29, 1.82) is 0 Å². The number of amides is 2. The lowest BCUT2D eigenvalue weighted by molar-refractivity contribution is 0.208. The Kier molecular flexibility index (Phi) is 6.04. The van der Waals surface area contributed by atoms with Crippen molar-refractivity contribution in [3.05, 3.63) is 70.5 Å². The third-order valence-corrected chi connectivity index (χ3v) is 5.80. The quantitative estimate of drug-likeness (QED) is 0.630. The van der Waals surface area contributed by atoms with E-state index in [0.717, 1.165) is 17.1 Å². The Balaban J connectivity index is 1.35. The van der Waals surface area contributed by atoms with Crippen LogP contribution in [0.1, 0.15) is 11.1 Å². The number of hydrogen-bond acceptors (Lipinski definition) is 4. The Morgan fingerprint density at radius 3 is 2.39 bits per heavy atom. The summed E-state index contributed by atoms with van der Waals surface area (Å²) in [6.07, 6.45) is 0. The molecule has 1 aliphatic rings. The van der Waals surface area contributed by atoms with E-state index < -0.39 is 5.82 Å². The first kappa shape index (κ1) is 21.1. The first-order valence-corrected chi connectivity index (χ1v) is 10.5. The second-order valence-electron chi connectivity index (χ2n) is 7.61. The minimum Gasteiger partial charge on any atom is -0.352 e. The first-order valence-electron chi connectivity index (χ1n) is 10.1. The van der Waals surface area contributed by atoms with E-state index in [0.29, 0.717) is 31.9 Å². The molecule has 1 saturated heterocycles. The number of carbonyl (C=O) groups excluding carboxylic acids is 1. The number of carbonyl (C=O) groups is 1. The van der Waals surface area contributed by atoms with E-state index in [9.17, 15) is 9.18 Å². The van der Waals surface area contributed by atoms with Crippen LogP contribution in [0.25, 0.3) is 11.3 Å². The molecule has 8 heteroatoms. The van der Waals surface area contributed by atoms with Crippen LogP contribution in [0.2, 0.25) is 5.02 Å². The monoisotopic (exact) mass is 439 g/mol. The predicted octanol–water partition coefficient (Wildman–Crippen LogP) is 4.91. The molecular formula is C23H23ClFN5O. The molecule has 0 spiro atoms. The van der Waals surface area contributed by atoms with Gasteiger partial charge in [-0.15, -0.1) is 10.2 Å². The van der Waals surface area contributed by atoms with E-state index in [-0.39, 0.29) is 11.1 Å². The molecule has 1 fully saturated rings. The Bertz CT molecular complexity index is 1100. The van der Waals surface area contributed by atoms with Gasteiger partial charge in [-0.05, 0) is 61.4 Å². The van der Waals surface area contributed by atoms with Crippen LogP contribution >= 0.6 is 11.6 Å². The van der Waals surface area contributed by atoms with Crippen LogP contribution in [0.3, 0.4) is 0 Å². The van der Waals surface area contributed by atoms with Gasteiger partial charge in [0.25, 0.3) is 0 Å². The number of nitrogens with zero attached hydrogens (tertiary/aromatic N) is 4. The van der Waals surface area contributed by atoms with Crippen LogP contribution < -0.4 is 10.2 Å². The fourth-order valence-electron chi connectivity index (χ4n) is 3.46. The topological polar surface area (TPSA) is 61.4 Å². The molecule has 0 atom stereocenters. The average Bonchev–Trinajstić information content (AvgIpc) is 2.78. The molecule has 3 aromatic rings. The maximum Gasteiger partial charge on any atom is 0.321 e. The van der Waals surface area contributed by atoms with Gasteiger partial charge in [-0.25, -0.2) is 9.18 Å². The van der Waals surface area contributed by atoms with Crippen molar-refractivity contribution in [2.24, 2.45) is 0 Å². The van der Waals surface area contributed by atoms with Gasteiger partial charge in [0.05, 0.1) is 10.7 Å². The Morgan fingerprint density at radius 2 is 1.74 bits per heavy atom. The first-order chi connectivity index (χ1) is 14.9. The zero-order valence-electron chi connectivity index (χ0n) is 17.4. The lowest BCUT2D eigenvalue weighted by atomic mass is 10.0. The number of halogens is 2. The highest BCUT2D eigenvalue weighted by Crippen LogP contribution is 2.23. The number of hydrogen-bond donors (Lipinski definition) is 1. The minimum absolute atomic E-state index is 0.0227. The van der Waals surface area contributed by atoms with Crippen LogP contribution in [-0.2, 0) is 0 Å². The SMILES string of the molecule is Cc1ccc(-c2ccc(N3CCN(C(=O)Nc4ccc(F)c(Cl)c4)CC3)nn2)cc1C. The van der Waals surface area contributed by atoms with Gasteiger partial charge >= 0.3 is 6.03 Å². The Hall–Kier alpha value is -3.19. The van der Waals surface area contributed by atoms with E-state index in [2.05, 4.69) is 52.5 Å². The van der Waals surface area contributed by atoms with Crippen molar-refractivity contribution in [3.63, 3.8) is 0 Å². The normalized spacial score (nSPS) is 13.9. The van der Waals surface area contributed by atoms with E-state index >= 15 is 0 Å². The molecule has 2 amide bonds. The molecule has 0 radical (unpaired) electrons. The minimum atomic E-state index is -0.516. The molecule has 0 saturated carbocycles. The molecular weight excluding hydrogens is 417 g/mol. The Labute approximate surface area is 185 Å². The van der Waals surface area contributed by atoms with E-state index in [1.54, 1.807) is 4.90 Å². The summed E-state index contributed by atoms with van der Waals surface area (Å²) in [6, 6.07) is 14.1. The fraction of sp³-hybridized carbons (Fsp3) is 0.261. The van der Waals surface area contributed by atoms with Gasteiger partial charge in [-0.3, -0.25) is 0 Å². The van der Waals surface area contributed by atoms with E-state index in [4.69, 9.17) is 11.6 Å². The second kappa shape index (κ2) is 8.89. The highest BCUT2D eigenvalue weighted by Gasteiger charge is 2.22. The zero-order chi connectivity index (χ0) is 22.0. The van der Waals surface area contributed by atoms with E-state index in [1.165, 1.54) is 29.3 Å². The van der Waals surface area contributed by atoms with Crippen molar-refractivity contribution in [1.82, 2.24) is 15.1 Å². The van der Waals surface area contributed by atoms with Gasteiger partial charge in [-0.1, -0.05) is 23.7 Å². The second-order valence-corrected chi connectivity index (χ2v) is 8.02.